The van der Waals surface area contributed by atoms with Crippen molar-refractivity contribution in [1.29, 1.82) is 0 Å². The maximum absolute atomic E-state index is 12.5. The standard InChI is InChI=1S/C22H29N7O/c1-4-27-9-11-28(12-10-27)15-19-7-5-18(6-8-19)14-23-21(30)20-25-22-24-16(2)13-17(3)29(22)26-20/h5-8,13H,4,9-12,14-15H2,1-3H3,(H,23,30). The summed E-state index contributed by atoms with van der Waals surface area (Å²) in [5.41, 5.74) is 4.10. The summed E-state index contributed by atoms with van der Waals surface area (Å²) in [6.07, 6.45) is 0. The van der Waals surface area contributed by atoms with Crippen LogP contribution in [0.25, 0.3) is 5.78 Å². The number of hydrogen-bond acceptors (Lipinski definition) is 6. The van der Waals surface area contributed by atoms with E-state index in [4.69, 9.17) is 0 Å². The van der Waals surface area contributed by atoms with Gasteiger partial charge in [-0.3, -0.25) is 9.69 Å². The molecule has 0 aliphatic carbocycles. The van der Waals surface area contributed by atoms with Gasteiger partial charge < -0.3 is 10.2 Å². The second-order valence-corrected chi connectivity index (χ2v) is 7.90. The molecule has 2 aromatic heterocycles. The first-order chi connectivity index (χ1) is 14.5. The topological polar surface area (TPSA) is 78.7 Å². The van der Waals surface area contributed by atoms with Crippen LogP contribution in [0.3, 0.4) is 0 Å². The number of nitrogens with one attached hydrogen (secondary N) is 1. The summed E-state index contributed by atoms with van der Waals surface area (Å²) in [7, 11) is 0. The highest BCUT2D eigenvalue weighted by molar-refractivity contribution is 5.90. The molecule has 1 aliphatic heterocycles. The van der Waals surface area contributed by atoms with Gasteiger partial charge in [0.2, 0.25) is 5.82 Å². The summed E-state index contributed by atoms with van der Waals surface area (Å²) in [6.45, 7) is 13.1. The van der Waals surface area contributed by atoms with Gasteiger partial charge in [0.25, 0.3) is 11.7 Å². The molecule has 1 amide bonds. The number of aromatic nitrogens is 4. The van der Waals surface area contributed by atoms with E-state index in [0.29, 0.717) is 12.3 Å². The summed E-state index contributed by atoms with van der Waals surface area (Å²) in [4.78, 5) is 26.0. The number of nitrogens with zero attached hydrogens (tertiary/aromatic N) is 6. The lowest BCUT2D eigenvalue weighted by Crippen LogP contribution is -2.45. The highest BCUT2D eigenvalue weighted by Crippen LogP contribution is 2.11. The minimum absolute atomic E-state index is 0.138. The summed E-state index contributed by atoms with van der Waals surface area (Å²) >= 11 is 0. The Labute approximate surface area is 176 Å². The highest BCUT2D eigenvalue weighted by Gasteiger charge is 2.16. The largest absolute Gasteiger partial charge is 0.345 e. The van der Waals surface area contributed by atoms with Gasteiger partial charge in [-0.25, -0.2) is 9.50 Å². The van der Waals surface area contributed by atoms with Crippen LogP contribution in [-0.4, -0.2) is 68.0 Å². The first-order valence-electron chi connectivity index (χ1n) is 10.5. The zero-order chi connectivity index (χ0) is 21.1. The van der Waals surface area contributed by atoms with E-state index in [1.54, 1.807) is 4.52 Å². The van der Waals surface area contributed by atoms with E-state index in [2.05, 4.69) is 61.4 Å². The number of benzene rings is 1. The third-order valence-corrected chi connectivity index (χ3v) is 5.62. The summed E-state index contributed by atoms with van der Waals surface area (Å²) in [5, 5.41) is 7.18. The number of amides is 1. The summed E-state index contributed by atoms with van der Waals surface area (Å²) in [5.74, 6) is 0.288. The molecular weight excluding hydrogens is 378 g/mol. The summed E-state index contributed by atoms with van der Waals surface area (Å²) in [6, 6.07) is 10.3. The van der Waals surface area contributed by atoms with E-state index in [0.717, 1.165) is 56.2 Å². The van der Waals surface area contributed by atoms with Crippen molar-refractivity contribution in [2.75, 3.05) is 32.7 Å². The molecule has 1 aliphatic rings. The van der Waals surface area contributed by atoms with Gasteiger partial charge in [0.1, 0.15) is 0 Å². The van der Waals surface area contributed by atoms with Crippen molar-refractivity contribution in [3.05, 3.63) is 58.7 Å². The molecule has 3 heterocycles. The lowest BCUT2D eigenvalue weighted by molar-refractivity contribution is 0.0940. The quantitative estimate of drug-likeness (QED) is 0.671. The van der Waals surface area contributed by atoms with Gasteiger partial charge in [-0.15, -0.1) is 5.10 Å². The van der Waals surface area contributed by atoms with E-state index in [1.807, 2.05) is 19.9 Å². The number of carbonyl (C=O) groups is 1. The van der Waals surface area contributed by atoms with Gasteiger partial charge in [0.15, 0.2) is 0 Å². The predicted octanol–water partition coefficient (Wildman–Crippen LogP) is 1.81. The van der Waals surface area contributed by atoms with Crippen LogP contribution in [0.4, 0.5) is 0 Å². The van der Waals surface area contributed by atoms with E-state index in [-0.39, 0.29) is 11.7 Å². The normalized spacial score (nSPS) is 15.6. The van der Waals surface area contributed by atoms with Crippen LogP contribution < -0.4 is 5.32 Å². The number of fused-ring (bicyclic) bond motifs is 1. The molecule has 0 saturated carbocycles. The number of carbonyl (C=O) groups excluding carboxylic acids is 1. The molecule has 0 radical (unpaired) electrons. The smallest absolute Gasteiger partial charge is 0.291 e. The van der Waals surface area contributed by atoms with Gasteiger partial charge in [0, 0.05) is 50.7 Å². The zero-order valence-corrected chi connectivity index (χ0v) is 17.9. The average Bonchev–Trinajstić information content (AvgIpc) is 3.18. The average molecular weight is 408 g/mol. The van der Waals surface area contributed by atoms with Crippen LogP contribution in [-0.2, 0) is 13.1 Å². The van der Waals surface area contributed by atoms with Crippen LogP contribution in [0.1, 0.15) is 40.1 Å². The molecule has 0 atom stereocenters. The van der Waals surface area contributed by atoms with Crippen LogP contribution in [0.15, 0.2) is 30.3 Å². The molecule has 3 aromatic rings. The van der Waals surface area contributed by atoms with Gasteiger partial charge in [0.05, 0.1) is 0 Å². The van der Waals surface area contributed by atoms with Crippen molar-refractivity contribution in [2.45, 2.75) is 33.9 Å². The first kappa shape index (κ1) is 20.4. The fourth-order valence-corrected chi connectivity index (χ4v) is 3.81. The minimum atomic E-state index is -0.296. The third-order valence-electron chi connectivity index (χ3n) is 5.62. The molecule has 8 nitrogen and oxygen atoms in total. The van der Waals surface area contributed by atoms with Crippen molar-refractivity contribution >= 4 is 11.7 Å². The van der Waals surface area contributed by atoms with Crippen molar-refractivity contribution in [3.8, 4) is 0 Å². The van der Waals surface area contributed by atoms with Crippen molar-refractivity contribution in [2.24, 2.45) is 0 Å². The number of aryl methyl sites for hydroxylation is 2. The van der Waals surface area contributed by atoms with Gasteiger partial charge in [-0.2, -0.15) is 4.98 Å². The molecule has 1 fully saturated rings. The molecule has 1 aromatic carbocycles. The van der Waals surface area contributed by atoms with Crippen molar-refractivity contribution < 1.29 is 4.79 Å². The second-order valence-electron chi connectivity index (χ2n) is 7.90. The lowest BCUT2D eigenvalue weighted by atomic mass is 10.1. The Morgan fingerprint density at radius 1 is 1.00 bits per heavy atom. The Bertz CT molecular complexity index is 1020. The Morgan fingerprint density at radius 2 is 1.67 bits per heavy atom. The fraction of sp³-hybridized carbons (Fsp3) is 0.455. The molecule has 0 bridgehead atoms. The molecule has 158 valence electrons. The monoisotopic (exact) mass is 407 g/mol. The Hall–Kier alpha value is -2.84. The molecule has 1 saturated heterocycles. The Morgan fingerprint density at radius 3 is 2.37 bits per heavy atom. The SMILES string of the molecule is CCN1CCN(Cc2ccc(CNC(=O)c3nc4nc(C)cc(C)n4n3)cc2)CC1. The maximum atomic E-state index is 12.5. The van der Waals surface area contributed by atoms with Crippen molar-refractivity contribution in [1.82, 2.24) is 34.7 Å². The van der Waals surface area contributed by atoms with E-state index in [9.17, 15) is 4.79 Å². The van der Waals surface area contributed by atoms with Gasteiger partial charge >= 0.3 is 0 Å². The Balaban J connectivity index is 1.32. The van der Waals surface area contributed by atoms with E-state index < -0.39 is 0 Å². The lowest BCUT2D eigenvalue weighted by Gasteiger charge is -2.34. The zero-order valence-electron chi connectivity index (χ0n) is 17.9. The van der Waals surface area contributed by atoms with E-state index >= 15 is 0 Å². The number of rotatable bonds is 6. The third kappa shape index (κ3) is 4.66. The second kappa shape index (κ2) is 8.89. The molecule has 0 spiro atoms. The van der Waals surface area contributed by atoms with Gasteiger partial charge in [-0.1, -0.05) is 31.2 Å². The van der Waals surface area contributed by atoms with Crippen LogP contribution in [0.5, 0.6) is 0 Å². The first-order valence-corrected chi connectivity index (χ1v) is 10.5. The predicted molar refractivity (Wildman–Crippen MR) is 115 cm³/mol. The molecule has 8 heteroatoms. The van der Waals surface area contributed by atoms with Crippen LogP contribution in [0, 0.1) is 13.8 Å². The Kier molecular flexibility index (Phi) is 6.06. The fourth-order valence-electron chi connectivity index (χ4n) is 3.81. The van der Waals surface area contributed by atoms with Crippen LogP contribution >= 0.6 is 0 Å². The highest BCUT2D eigenvalue weighted by atomic mass is 16.2. The number of likely N-dealkylation sites (N-methyl/N-ethyl adjacent to an activating group) is 1. The van der Waals surface area contributed by atoms with Gasteiger partial charge in [-0.05, 0) is 37.6 Å². The van der Waals surface area contributed by atoms with Crippen LogP contribution in [0.2, 0.25) is 0 Å². The maximum Gasteiger partial charge on any atom is 0.291 e. The number of piperazine rings is 1. The summed E-state index contributed by atoms with van der Waals surface area (Å²) < 4.78 is 1.59. The molecule has 30 heavy (non-hydrogen) atoms. The number of hydrogen-bond donors (Lipinski definition) is 1. The molecular formula is C22H29N7O. The minimum Gasteiger partial charge on any atom is -0.345 e. The molecule has 0 unspecified atom stereocenters. The molecule has 1 N–H and O–H groups in total. The molecule has 4 rings (SSSR count). The van der Waals surface area contributed by atoms with E-state index in [1.165, 1.54) is 5.56 Å². The van der Waals surface area contributed by atoms with Crippen molar-refractivity contribution in [3.63, 3.8) is 0 Å².